The topological polar surface area (TPSA) is 70.3 Å². The van der Waals surface area contributed by atoms with Crippen LogP contribution in [0.15, 0.2) is 11.4 Å². The first-order valence-corrected chi connectivity index (χ1v) is 7.89. The maximum atomic E-state index is 5.47. The zero-order valence-corrected chi connectivity index (χ0v) is 12.5. The van der Waals surface area contributed by atoms with Crippen LogP contribution in [0, 0.1) is 0 Å². The molecule has 3 rings (SSSR count). The smallest absolute Gasteiger partial charge is 0.240 e. The molecule has 0 aliphatic carbocycles. The maximum Gasteiger partial charge on any atom is 0.240 e. The summed E-state index contributed by atoms with van der Waals surface area (Å²) in [6.45, 7) is 7.60. The van der Waals surface area contributed by atoms with E-state index in [-0.39, 0.29) is 0 Å². The molecule has 1 aliphatic heterocycles. The van der Waals surface area contributed by atoms with Gasteiger partial charge in [0.15, 0.2) is 0 Å². The van der Waals surface area contributed by atoms with Crippen molar-refractivity contribution in [3.05, 3.63) is 11.4 Å². The molecule has 1 aliphatic rings. The number of nitrogens with two attached hydrogens (primary N) is 1. The summed E-state index contributed by atoms with van der Waals surface area (Å²) in [6, 6.07) is 2.09. The quantitative estimate of drug-likeness (QED) is 0.657. The Kier molecular flexibility index (Phi) is 4.00. The standard InChI is InChI=1S/C13H20N6S/c1-2-4-18-5-7-19(8-6-18)11-10-3-9-20-12(10)16-13(15-11)17-14/h3,9H,2,4-8,14H2,1H3,(H,15,16,17). The van der Waals surface area contributed by atoms with Crippen molar-refractivity contribution in [1.82, 2.24) is 14.9 Å². The summed E-state index contributed by atoms with van der Waals surface area (Å²) < 4.78 is 0. The Bertz CT molecular complexity index is 575. The molecule has 108 valence electrons. The molecule has 3 heterocycles. The highest BCUT2D eigenvalue weighted by molar-refractivity contribution is 7.16. The lowest BCUT2D eigenvalue weighted by Gasteiger charge is -2.35. The number of fused-ring (bicyclic) bond motifs is 1. The Labute approximate surface area is 122 Å². The van der Waals surface area contributed by atoms with Crippen LogP contribution in [0.1, 0.15) is 13.3 Å². The van der Waals surface area contributed by atoms with Crippen LogP contribution in [-0.2, 0) is 0 Å². The van der Waals surface area contributed by atoms with Crippen molar-refractivity contribution >= 4 is 33.3 Å². The van der Waals surface area contributed by atoms with E-state index in [0.29, 0.717) is 5.95 Å². The van der Waals surface area contributed by atoms with Crippen LogP contribution in [0.25, 0.3) is 10.2 Å². The predicted octanol–water partition coefficient (Wildman–Crippen LogP) is 1.51. The second-order valence-corrected chi connectivity index (χ2v) is 5.88. The first-order valence-electron chi connectivity index (χ1n) is 7.01. The van der Waals surface area contributed by atoms with Crippen molar-refractivity contribution in [1.29, 1.82) is 0 Å². The van der Waals surface area contributed by atoms with Crippen LogP contribution in [0.2, 0.25) is 0 Å². The molecule has 1 saturated heterocycles. The third kappa shape index (κ3) is 2.56. The van der Waals surface area contributed by atoms with Gasteiger partial charge in [-0.3, -0.25) is 10.3 Å². The molecule has 7 heteroatoms. The molecular weight excluding hydrogens is 272 g/mol. The highest BCUT2D eigenvalue weighted by atomic mass is 32.1. The molecule has 0 radical (unpaired) electrons. The van der Waals surface area contributed by atoms with E-state index in [1.54, 1.807) is 11.3 Å². The van der Waals surface area contributed by atoms with E-state index in [1.807, 2.05) is 0 Å². The number of rotatable bonds is 4. The fourth-order valence-corrected chi connectivity index (χ4v) is 3.40. The molecule has 2 aromatic rings. The number of aromatic nitrogens is 2. The monoisotopic (exact) mass is 292 g/mol. The average molecular weight is 292 g/mol. The Balaban J connectivity index is 1.85. The van der Waals surface area contributed by atoms with Crippen LogP contribution < -0.4 is 16.2 Å². The lowest BCUT2D eigenvalue weighted by Crippen LogP contribution is -2.47. The lowest BCUT2D eigenvalue weighted by molar-refractivity contribution is 0.258. The van der Waals surface area contributed by atoms with Gasteiger partial charge in [-0.25, -0.2) is 10.8 Å². The van der Waals surface area contributed by atoms with Crippen LogP contribution in [0.3, 0.4) is 0 Å². The number of piperazine rings is 1. The van der Waals surface area contributed by atoms with E-state index in [0.717, 1.165) is 42.2 Å². The molecule has 0 unspecified atom stereocenters. The van der Waals surface area contributed by atoms with E-state index in [1.165, 1.54) is 13.0 Å². The minimum atomic E-state index is 0.492. The first-order chi connectivity index (χ1) is 9.81. The Morgan fingerprint density at radius 3 is 2.80 bits per heavy atom. The Morgan fingerprint density at radius 2 is 2.10 bits per heavy atom. The number of hydrogen-bond acceptors (Lipinski definition) is 7. The highest BCUT2D eigenvalue weighted by Crippen LogP contribution is 2.29. The van der Waals surface area contributed by atoms with Gasteiger partial charge in [-0.05, 0) is 24.4 Å². The van der Waals surface area contributed by atoms with Crippen molar-refractivity contribution in [3.63, 3.8) is 0 Å². The lowest BCUT2D eigenvalue weighted by atomic mass is 10.2. The molecular formula is C13H20N6S. The number of nitrogens with zero attached hydrogens (tertiary/aromatic N) is 4. The van der Waals surface area contributed by atoms with E-state index in [9.17, 15) is 0 Å². The summed E-state index contributed by atoms with van der Waals surface area (Å²) in [5, 5.41) is 3.18. The first kappa shape index (κ1) is 13.5. The summed E-state index contributed by atoms with van der Waals surface area (Å²) in [7, 11) is 0. The van der Waals surface area contributed by atoms with Gasteiger partial charge in [-0.1, -0.05) is 6.92 Å². The molecule has 1 fully saturated rings. The van der Waals surface area contributed by atoms with Crippen molar-refractivity contribution in [2.45, 2.75) is 13.3 Å². The molecule has 20 heavy (non-hydrogen) atoms. The highest BCUT2D eigenvalue weighted by Gasteiger charge is 2.20. The third-order valence-corrected chi connectivity index (χ3v) is 4.45. The fourth-order valence-electron chi connectivity index (χ4n) is 2.64. The van der Waals surface area contributed by atoms with Crippen LogP contribution >= 0.6 is 11.3 Å². The van der Waals surface area contributed by atoms with Gasteiger partial charge in [-0.15, -0.1) is 11.3 Å². The Morgan fingerprint density at radius 1 is 1.30 bits per heavy atom. The predicted molar refractivity (Wildman–Crippen MR) is 84.2 cm³/mol. The van der Waals surface area contributed by atoms with Gasteiger partial charge in [-0.2, -0.15) is 4.98 Å². The molecule has 3 N–H and O–H groups in total. The minimum Gasteiger partial charge on any atom is -0.353 e. The largest absolute Gasteiger partial charge is 0.353 e. The molecule has 0 spiro atoms. The summed E-state index contributed by atoms with van der Waals surface area (Å²) in [5.74, 6) is 6.96. The summed E-state index contributed by atoms with van der Waals surface area (Å²) in [6.07, 6.45) is 1.21. The van der Waals surface area contributed by atoms with E-state index >= 15 is 0 Å². The maximum absolute atomic E-state index is 5.47. The molecule has 0 atom stereocenters. The number of nitrogen functional groups attached to an aromatic ring is 1. The van der Waals surface area contributed by atoms with Gasteiger partial charge in [0.25, 0.3) is 0 Å². The SMILES string of the molecule is CCCN1CCN(c2nc(NN)nc3sccc23)CC1. The molecule has 0 amide bonds. The number of anilines is 2. The van der Waals surface area contributed by atoms with Crippen molar-refractivity contribution in [3.8, 4) is 0 Å². The summed E-state index contributed by atoms with van der Waals surface area (Å²) in [4.78, 5) is 14.8. The van der Waals surface area contributed by atoms with Gasteiger partial charge in [0, 0.05) is 26.2 Å². The zero-order chi connectivity index (χ0) is 13.9. The van der Waals surface area contributed by atoms with E-state index in [4.69, 9.17) is 5.84 Å². The van der Waals surface area contributed by atoms with Crippen molar-refractivity contribution in [2.24, 2.45) is 5.84 Å². The summed E-state index contributed by atoms with van der Waals surface area (Å²) >= 11 is 1.62. The van der Waals surface area contributed by atoms with E-state index in [2.05, 4.69) is 43.6 Å². The van der Waals surface area contributed by atoms with Gasteiger partial charge >= 0.3 is 0 Å². The second-order valence-electron chi connectivity index (χ2n) is 4.98. The average Bonchev–Trinajstić information content (AvgIpc) is 2.95. The normalized spacial score (nSPS) is 16.8. The van der Waals surface area contributed by atoms with Crippen molar-refractivity contribution < 1.29 is 0 Å². The number of thiophene rings is 1. The van der Waals surface area contributed by atoms with Crippen LogP contribution in [-0.4, -0.2) is 47.6 Å². The summed E-state index contributed by atoms with van der Waals surface area (Å²) in [5.41, 5.74) is 2.56. The van der Waals surface area contributed by atoms with Gasteiger partial charge in [0.1, 0.15) is 10.6 Å². The Hall–Kier alpha value is -1.44. The third-order valence-electron chi connectivity index (χ3n) is 3.65. The van der Waals surface area contributed by atoms with E-state index < -0.39 is 0 Å². The second kappa shape index (κ2) is 5.90. The van der Waals surface area contributed by atoms with Gasteiger partial charge in [0.05, 0.1) is 5.39 Å². The van der Waals surface area contributed by atoms with Crippen LogP contribution in [0.5, 0.6) is 0 Å². The van der Waals surface area contributed by atoms with Gasteiger partial charge < -0.3 is 4.90 Å². The van der Waals surface area contributed by atoms with Crippen molar-refractivity contribution in [2.75, 3.05) is 43.0 Å². The van der Waals surface area contributed by atoms with Crippen LogP contribution in [0.4, 0.5) is 11.8 Å². The molecule has 0 aromatic carbocycles. The number of hydrogen-bond donors (Lipinski definition) is 2. The number of hydrazine groups is 1. The fraction of sp³-hybridized carbons (Fsp3) is 0.538. The molecule has 0 saturated carbocycles. The number of nitrogens with one attached hydrogen (secondary N) is 1. The van der Waals surface area contributed by atoms with Gasteiger partial charge in [0.2, 0.25) is 5.95 Å². The molecule has 6 nitrogen and oxygen atoms in total. The minimum absolute atomic E-state index is 0.492. The molecule has 2 aromatic heterocycles. The zero-order valence-electron chi connectivity index (χ0n) is 11.7. The molecule has 0 bridgehead atoms.